The second-order valence-corrected chi connectivity index (χ2v) is 7.59. The molecular formula is C18H36N2O. The molecule has 2 aliphatic rings. The highest BCUT2D eigenvalue weighted by molar-refractivity contribution is 4.90. The minimum atomic E-state index is 0.346. The van der Waals surface area contributed by atoms with Crippen LogP contribution in [0.15, 0.2) is 0 Å². The summed E-state index contributed by atoms with van der Waals surface area (Å²) < 4.78 is 0. The summed E-state index contributed by atoms with van der Waals surface area (Å²) in [5, 5.41) is 12.7. The number of nitrogens with one attached hydrogen (secondary N) is 1. The highest BCUT2D eigenvalue weighted by Gasteiger charge is 2.34. The van der Waals surface area contributed by atoms with Gasteiger partial charge in [0.15, 0.2) is 0 Å². The Hall–Kier alpha value is -0.120. The fourth-order valence-electron chi connectivity index (χ4n) is 3.84. The van der Waals surface area contributed by atoms with Crippen molar-refractivity contribution in [2.45, 2.75) is 76.7 Å². The van der Waals surface area contributed by atoms with Crippen LogP contribution in [0.4, 0.5) is 0 Å². The number of aliphatic hydroxyl groups is 1. The van der Waals surface area contributed by atoms with Crippen LogP contribution < -0.4 is 5.32 Å². The van der Waals surface area contributed by atoms with Crippen LogP contribution in [0.2, 0.25) is 0 Å². The van der Waals surface area contributed by atoms with Gasteiger partial charge in [-0.3, -0.25) is 0 Å². The van der Waals surface area contributed by atoms with E-state index in [-0.39, 0.29) is 0 Å². The van der Waals surface area contributed by atoms with Crippen LogP contribution in [0.5, 0.6) is 0 Å². The van der Waals surface area contributed by atoms with Crippen molar-refractivity contribution < 1.29 is 5.11 Å². The van der Waals surface area contributed by atoms with Crippen molar-refractivity contribution >= 4 is 0 Å². The van der Waals surface area contributed by atoms with Crippen molar-refractivity contribution in [3.63, 3.8) is 0 Å². The molecule has 2 fully saturated rings. The molecule has 21 heavy (non-hydrogen) atoms. The van der Waals surface area contributed by atoms with Crippen molar-refractivity contribution in [3.8, 4) is 0 Å². The fraction of sp³-hybridized carbons (Fsp3) is 1.00. The van der Waals surface area contributed by atoms with E-state index in [0.717, 1.165) is 18.9 Å². The third kappa shape index (κ3) is 6.66. The first-order chi connectivity index (χ1) is 10.2. The molecule has 124 valence electrons. The lowest BCUT2D eigenvalue weighted by molar-refractivity contribution is 0.143. The first-order valence-electron chi connectivity index (χ1n) is 9.27. The average Bonchev–Trinajstić information content (AvgIpc) is 3.29. The highest BCUT2D eigenvalue weighted by atomic mass is 16.2. The zero-order valence-electron chi connectivity index (χ0n) is 14.1. The van der Waals surface area contributed by atoms with Gasteiger partial charge in [-0.05, 0) is 64.0 Å². The molecule has 0 heterocycles. The Morgan fingerprint density at radius 2 is 1.76 bits per heavy atom. The Bertz CT molecular complexity index is 270. The summed E-state index contributed by atoms with van der Waals surface area (Å²) in [7, 11) is 2.29. The molecule has 2 N–H and O–H groups in total. The van der Waals surface area contributed by atoms with Crippen LogP contribution in [0.1, 0.15) is 70.6 Å². The number of unbranched alkanes of at least 4 members (excludes halogenated alkanes) is 2. The largest absolute Gasteiger partial charge is 0.396 e. The van der Waals surface area contributed by atoms with Crippen molar-refractivity contribution in [3.05, 3.63) is 0 Å². The van der Waals surface area contributed by atoms with Crippen LogP contribution in [-0.2, 0) is 0 Å². The Morgan fingerprint density at radius 1 is 1.05 bits per heavy atom. The molecule has 0 spiro atoms. The molecule has 0 bridgehead atoms. The Morgan fingerprint density at radius 3 is 2.38 bits per heavy atom. The van der Waals surface area contributed by atoms with Gasteiger partial charge < -0.3 is 15.3 Å². The summed E-state index contributed by atoms with van der Waals surface area (Å²) in [6, 6.07) is 0.833. The number of hydrogen-bond acceptors (Lipinski definition) is 3. The Kier molecular flexibility index (Phi) is 7.48. The van der Waals surface area contributed by atoms with Gasteiger partial charge in [0.2, 0.25) is 0 Å². The lowest BCUT2D eigenvalue weighted by Crippen LogP contribution is -2.43. The second kappa shape index (κ2) is 9.12. The average molecular weight is 296 g/mol. The van der Waals surface area contributed by atoms with E-state index in [2.05, 4.69) is 17.3 Å². The van der Waals surface area contributed by atoms with Gasteiger partial charge in [0, 0.05) is 25.7 Å². The highest BCUT2D eigenvalue weighted by Crippen LogP contribution is 2.36. The van der Waals surface area contributed by atoms with Crippen LogP contribution >= 0.6 is 0 Å². The molecule has 0 amide bonds. The maximum Gasteiger partial charge on any atom is 0.0431 e. The zero-order chi connectivity index (χ0) is 15.0. The summed E-state index contributed by atoms with van der Waals surface area (Å²) in [5.74, 6) is 0. The van der Waals surface area contributed by atoms with Gasteiger partial charge in [0.05, 0.1) is 0 Å². The van der Waals surface area contributed by atoms with E-state index >= 15 is 0 Å². The van der Waals surface area contributed by atoms with E-state index in [0.29, 0.717) is 12.0 Å². The van der Waals surface area contributed by atoms with Crippen LogP contribution in [-0.4, -0.2) is 49.3 Å². The topological polar surface area (TPSA) is 35.5 Å². The summed E-state index contributed by atoms with van der Waals surface area (Å²) >= 11 is 0. The van der Waals surface area contributed by atoms with E-state index in [1.807, 2.05) is 0 Å². The van der Waals surface area contributed by atoms with Gasteiger partial charge in [-0.1, -0.05) is 25.7 Å². The summed E-state index contributed by atoms with van der Waals surface area (Å²) in [6.07, 6.45) is 14.7. The van der Waals surface area contributed by atoms with Crippen LogP contribution in [0.3, 0.4) is 0 Å². The molecule has 0 unspecified atom stereocenters. The first kappa shape index (κ1) is 17.2. The molecule has 2 rings (SSSR count). The van der Waals surface area contributed by atoms with Crippen molar-refractivity contribution in [1.29, 1.82) is 0 Å². The molecule has 0 aromatic rings. The normalized spacial score (nSPS) is 22.4. The molecule has 0 radical (unpaired) electrons. The zero-order valence-corrected chi connectivity index (χ0v) is 14.1. The molecule has 2 saturated carbocycles. The predicted octanol–water partition coefficient (Wildman–Crippen LogP) is 3.17. The fourth-order valence-corrected chi connectivity index (χ4v) is 3.84. The number of nitrogens with zero attached hydrogens (tertiary/aromatic N) is 1. The van der Waals surface area contributed by atoms with Gasteiger partial charge in [-0.25, -0.2) is 0 Å². The van der Waals surface area contributed by atoms with Gasteiger partial charge in [-0.15, -0.1) is 0 Å². The van der Waals surface area contributed by atoms with E-state index < -0.39 is 0 Å². The monoisotopic (exact) mass is 296 g/mol. The van der Waals surface area contributed by atoms with Crippen LogP contribution in [0, 0.1) is 5.41 Å². The molecule has 0 saturated heterocycles. The molecule has 0 aromatic carbocycles. The van der Waals surface area contributed by atoms with Crippen molar-refractivity contribution in [1.82, 2.24) is 10.2 Å². The third-order valence-corrected chi connectivity index (χ3v) is 5.31. The Labute approximate surface area is 131 Å². The van der Waals surface area contributed by atoms with Crippen molar-refractivity contribution in [2.24, 2.45) is 5.41 Å². The van der Waals surface area contributed by atoms with Gasteiger partial charge >= 0.3 is 0 Å². The lowest BCUT2D eigenvalue weighted by Gasteiger charge is -2.37. The van der Waals surface area contributed by atoms with E-state index in [1.165, 1.54) is 77.4 Å². The molecular weight excluding hydrogens is 260 g/mol. The molecule has 3 heteroatoms. The summed E-state index contributed by atoms with van der Waals surface area (Å²) in [5.41, 5.74) is 0.519. The first-order valence-corrected chi connectivity index (χ1v) is 9.27. The number of rotatable bonds is 10. The summed E-state index contributed by atoms with van der Waals surface area (Å²) in [6.45, 7) is 4.02. The van der Waals surface area contributed by atoms with E-state index in [4.69, 9.17) is 5.11 Å². The third-order valence-electron chi connectivity index (χ3n) is 5.31. The minimum absolute atomic E-state index is 0.346. The molecule has 0 atom stereocenters. The summed E-state index contributed by atoms with van der Waals surface area (Å²) in [4.78, 5) is 2.55. The van der Waals surface area contributed by atoms with Crippen molar-refractivity contribution in [2.75, 3.05) is 33.3 Å². The SMILES string of the molecule is CN(CCCCCO)CC1(CNC2CC2)CCCCCC1. The van der Waals surface area contributed by atoms with Gasteiger partial charge in [0.25, 0.3) is 0 Å². The van der Waals surface area contributed by atoms with Crippen LogP contribution in [0.25, 0.3) is 0 Å². The smallest absolute Gasteiger partial charge is 0.0431 e. The predicted molar refractivity (Wildman–Crippen MR) is 89.6 cm³/mol. The maximum absolute atomic E-state index is 8.87. The van der Waals surface area contributed by atoms with E-state index in [1.54, 1.807) is 0 Å². The van der Waals surface area contributed by atoms with Gasteiger partial charge in [0.1, 0.15) is 0 Å². The maximum atomic E-state index is 8.87. The minimum Gasteiger partial charge on any atom is -0.396 e. The van der Waals surface area contributed by atoms with Gasteiger partial charge in [-0.2, -0.15) is 0 Å². The Balaban J connectivity index is 1.78. The molecule has 2 aliphatic carbocycles. The van der Waals surface area contributed by atoms with E-state index in [9.17, 15) is 0 Å². The second-order valence-electron chi connectivity index (χ2n) is 7.59. The number of hydrogen-bond donors (Lipinski definition) is 2. The standard InChI is InChI=1S/C18H36N2O/c1-20(13-7-4-8-14-21)16-18(15-19-17-9-10-17)11-5-2-3-6-12-18/h17,19,21H,2-16H2,1H3. The number of aliphatic hydroxyl groups excluding tert-OH is 1. The molecule has 0 aromatic heterocycles. The lowest BCUT2D eigenvalue weighted by atomic mass is 9.79. The molecule has 0 aliphatic heterocycles. The quantitative estimate of drug-likeness (QED) is 0.480. The molecule has 3 nitrogen and oxygen atoms in total.